The summed E-state index contributed by atoms with van der Waals surface area (Å²) < 4.78 is 2.13. The molecule has 53 heavy (non-hydrogen) atoms. The van der Waals surface area contributed by atoms with E-state index in [1.807, 2.05) is 48.5 Å². The van der Waals surface area contributed by atoms with Crippen LogP contribution in [0.3, 0.4) is 0 Å². The number of hydrogen-bond donors (Lipinski definition) is 0. The zero-order chi connectivity index (χ0) is 35.1. The Labute approximate surface area is 306 Å². The van der Waals surface area contributed by atoms with Crippen LogP contribution in [0, 0.1) is 0 Å². The van der Waals surface area contributed by atoms with Crippen molar-refractivity contribution in [3.63, 3.8) is 0 Å². The van der Waals surface area contributed by atoms with Gasteiger partial charge in [0, 0.05) is 56.4 Å². The Kier molecular flexibility index (Phi) is 7.40. The average Bonchev–Trinajstić information content (AvgIpc) is 3.69. The van der Waals surface area contributed by atoms with Gasteiger partial charge in [0.25, 0.3) is 0 Å². The molecule has 0 bridgehead atoms. The van der Waals surface area contributed by atoms with Crippen LogP contribution in [-0.2, 0) is 0 Å². The number of benzene rings is 6. The van der Waals surface area contributed by atoms with Crippen molar-refractivity contribution in [1.82, 2.24) is 24.3 Å². The third kappa shape index (κ3) is 5.61. The van der Waals surface area contributed by atoms with Crippen LogP contribution in [0.25, 0.3) is 94.9 Å². The fourth-order valence-electron chi connectivity index (χ4n) is 7.18. The molecule has 248 valence electrons. The Morgan fingerprint density at radius 1 is 0.358 bits per heavy atom. The van der Waals surface area contributed by atoms with Gasteiger partial charge in [0.15, 0.2) is 5.82 Å². The summed E-state index contributed by atoms with van der Waals surface area (Å²) in [5.41, 5.74) is 12.9. The highest BCUT2D eigenvalue weighted by Crippen LogP contribution is 2.37. The van der Waals surface area contributed by atoms with Gasteiger partial charge < -0.3 is 4.40 Å². The molecule has 0 fully saturated rings. The Bertz CT molecular complexity index is 2850. The molecule has 0 aliphatic heterocycles. The van der Waals surface area contributed by atoms with Crippen molar-refractivity contribution in [3.05, 3.63) is 188 Å². The molecule has 0 saturated heterocycles. The summed E-state index contributed by atoms with van der Waals surface area (Å²) in [4.78, 5) is 20.5. The number of fused-ring (bicyclic) bond motifs is 5. The number of aromatic nitrogens is 5. The largest absolute Gasteiger partial charge is 0.306 e. The second-order valence-electron chi connectivity index (χ2n) is 13.2. The smallest absolute Gasteiger partial charge is 0.160 e. The second kappa shape index (κ2) is 12.8. The molecule has 0 amide bonds. The molecule has 10 aromatic rings. The fourth-order valence-corrected chi connectivity index (χ4v) is 7.18. The highest BCUT2D eigenvalue weighted by Gasteiger charge is 2.17. The molecule has 10 rings (SSSR count). The topological polar surface area (TPSA) is 56.0 Å². The molecule has 4 heterocycles. The molecule has 0 spiro atoms. The lowest BCUT2D eigenvalue weighted by molar-refractivity contribution is 1.18. The average molecular weight is 678 g/mol. The van der Waals surface area contributed by atoms with Crippen LogP contribution >= 0.6 is 0 Å². The first-order chi connectivity index (χ1) is 26.2. The van der Waals surface area contributed by atoms with E-state index in [1.54, 1.807) is 0 Å². The van der Waals surface area contributed by atoms with Gasteiger partial charge >= 0.3 is 0 Å². The minimum absolute atomic E-state index is 0.704. The SMILES string of the molecule is c1ccc(-c2cc(-c3ccc(-c4ccc5c(c4)nc(-c4ccccc4)c4ccn6cc(-c7ccccc7)nc6c45)cc3)nc(-c3ccccc3)n2)cc1. The zero-order valence-corrected chi connectivity index (χ0v) is 28.6. The standard InChI is InChI=1S/C48H31N5/c1-5-13-33(14-6-1)41-30-42(51-47(50-41)37-19-11-4-12-20-37)35-23-21-32(22-24-35)38-25-26-39-43(29-38)49-46(36-17-9-3-10-18-36)40-27-28-53-31-44(52-48(53)45(39)40)34-15-7-2-8-16-34/h1-31H. The summed E-state index contributed by atoms with van der Waals surface area (Å²) in [5.74, 6) is 0.704. The maximum atomic E-state index is 5.32. The van der Waals surface area contributed by atoms with Gasteiger partial charge in [0.05, 0.1) is 28.3 Å². The van der Waals surface area contributed by atoms with Crippen LogP contribution in [0.4, 0.5) is 0 Å². The van der Waals surface area contributed by atoms with Gasteiger partial charge in [-0.1, -0.05) is 158 Å². The third-order valence-corrected chi connectivity index (χ3v) is 9.84. The second-order valence-corrected chi connectivity index (χ2v) is 13.2. The minimum Gasteiger partial charge on any atom is -0.306 e. The fraction of sp³-hybridized carbons (Fsp3) is 0. The van der Waals surface area contributed by atoms with Gasteiger partial charge in [-0.25, -0.2) is 19.9 Å². The Morgan fingerprint density at radius 3 is 1.53 bits per heavy atom. The summed E-state index contributed by atoms with van der Waals surface area (Å²) in [6.45, 7) is 0. The first-order valence-corrected chi connectivity index (χ1v) is 17.7. The molecule has 0 unspecified atom stereocenters. The molecule has 5 nitrogen and oxygen atoms in total. The zero-order valence-electron chi connectivity index (χ0n) is 28.6. The lowest BCUT2D eigenvalue weighted by atomic mass is 9.97. The van der Waals surface area contributed by atoms with Gasteiger partial charge in [0.1, 0.15) is 5.65 Å². The summed E-state index contributed by atoms with van der Waals surface area (Å²) in [7, 11) is 0. The maximum absolute atomic E-state index is 5.32. The Balaban J connectivity index is 1.09. The van der Waals surface area contributed by atoms with Crippen molar-refractivity contribution < 1.29 is 0 Å². The van der Waals surface area contributed by atoms with Crippen molar-refractivity contribution in [1.29, 1.82) is 0 Å². The van der Waals surface area contributed by atoms with E-state index in [9.17, 15) is 0 Å². The van der Waals surface area contributed by atoms with E-state index < -0.39 is 0 Å². The highest BCUT2D eigenvalue weighted by molar-refractivity contribution is 6.17. The molecule has 0 saturated carbocycles. The van der Waals surface area contributed by atoms with Crippen LogP contribution < -0.4 is 0 Å². The summed E-state index contributed by atoms with van der Waals surface area (Å²) >= 11 is 0. The normalized spacial score (nSPS) is 11.4. The predicted molar refractivity (Wildman–Crippen MR) is 216 cm³/mol. The predicted octanol–water partition coefficient (Wildman–Crippen LogP) is 11.8. The molecule has 0 aliphatic carbocycles. The van der Waals surface area contributed by atoms with Crippen LogP contribution in [0.1, 0.15) is 0 Å². The lowest BCUT2D eigenvalue weighted by Gasteiger charge is -2.13. The van der Waals surface area contributed by atoms with E-state index in [4.69, 9.17) is 19.9 Å². The minimum atomic E-state index is 0.704. The van der Waals surface area contributed by atoms with Crippen molar-refractivity contribution in [2.45, 2.75) is 0 Å². The Morgan fingerprint density at radius 2 is 0.887 bits per heavy atom. The molecule has 0 radical (unpaired) electrons. The van der Waals surface area contributed by atoms with Gasteiger partial charge in [-0.3, -0.25) is 0 Å². The third-order valence-electron chi connectivity index (χ3n) is 9.84. The van der Waals surface area contributed by atoms with E-state index in [2.05, 4.69) is 144 Å². The first kappa shape index (κ1) is 30.6. The van der Waals surface area contributed by atoms with Crippen molar-refractivity contribution in [2.75, 3.05) is 0 Å². The Hall–Kier alpha value is -7.24. The van der Waals surface area contributed by atoms with Crippen molar-refractivity contribution in [3.8, 4) is 67.5 Å². The summed E-state index contributed by atoms with van der Waals surface area (Å²) in [6.07, 6.45) is 4.20. The summed E-state index contributed by atoms with van der Waals surface area (Å²) in [5, 5.41) is 3.24. The molecular formula is C48H31N5. The molecule has 5 heteroatoms. The summed E-state index contributed by atoms with van der Waals surface area (Å²) in [6, 6.07) is 60.7. The van der Waals surface area contributed by atoms with E-state index in [1.165, 1.54) is 0 Å². The van der Waals surface area contributed by atoms with E-state index >= 15 is 0 Å². The molecule has 0 atom stereocenters. The number of rotatable bonds is 6. The van der Waals surface area contributed by atoms with Crippen LogP contribution in [0.2, 0.25) is 0 Å². The van der Waals surface area contributed by atoms with Crippen LogP contribution in [0.15, 0.2) is 188 Å². The van der Waals surface area contributed by atoms with Gasteiger partial charge in [-0.2, -0.15) is 0 Å². The van der Waals surface area contributed by atoms with Gasteiger partial charge in [0.2, 0.25) is 0 Å². The van der Waals surface area contributed by atoms with Crippen molar-refractivity contribution >= 4 is 27.3 Å². The van der Waals surface area contributed by atoms with Crippen LogP contribution in [0.5, 0.6) is 0 Å². The maximum Gasteiger partial charge on any atom is 0.160 e. The van der Waals surface area contributed by atoms with Gasteiger partial charge in [-0.05, 0) is 29.3 Å². The molecule has 0 aliphatic rings. The number of nitrogens with zero attached hydrogens (tertiary/aromatic N) is 5. The van der Waals surface area contributed by atoms with E-state index in [-0.39, 0.29) is 0 Å². The molecule has 6 aromatic carbocycles. The first-order valence-electron chi connectivity index (χ1n) is 17.7. The number of pyridine rings is 2. The van der Waals surface area contributed by atoms with E-state index in [0.29, 0.717) is 5.82 Å². The molecule has 0 N–H and O–H groups in total. The van der Waals surface area contributed by atoms with Crippen LogP contribution in [-0.4, -0.2) is 24.3 Å². The molecular weight excluding hydrogens is 647 g/mol. The van der Waals surface area contributed by atoms with Gasteiger partial charge in [-0.15, -0.1) is 0 Å². The van der Waals surface area contributed by atoms with Crippen molar-refractivity contribution in [2.24, 2.45) is 0 Å². The quantitative estimate of drug-likeness (QED) is 0.164. The lowest BCUT2D eigenvalue weighted by Crippen LogP contribution is -1.96. The van der Waals surface area contributed by atoms with E-state index in [0.717, 1.165) is 89.0 Å². The number of hydrogen-bond acceptors (Lipinski definition) is 4. The highest BCUT2D eigenvalue weighted by atomic mass is 15.0. The number of imidazole rings is 1. The molecule has 4 aromatic heterocycles. The monoisotopic (exact) mass is 677 g/mol.